The summed E-state index contributed by atoms with van der Waals surface area (Å²) in [6, 6.07) is 5.90. The number of amides is 1. The highest BCUT2D eigenvalue weighted by Gasteiger charge is 2.22. The lowest BCUT2D eigenvalue weighted by molar-refractivity contribution is -0.386. The van der Waals surface area contributed by atoms with Gasteiger partial charge < -0.3 is 5.32 Å². The van der Waals surface area contributed by atoms with E-state index >= 15 is 0 Å². The third kappa shape index (κ3) is 3.46. The average Bonchev–Trinajstić information content (AvgIpc) is 2.71. The second-order valence-electron chi connectivity index (χ2n) is 4.84. The zero-order chi connectivity index (χ0) is 16.3. The van der Waals surface area contributed by atoms with E-state index < -0.39 is 4.92 Å². The van der Waals surface area contributed by atoms with Crippen molar-refractivity contribution in [1.29, 1.82) is 0 Å². The first-order valence-electron chi connectivity index (χ1n) is 6.58. The van der Waals surface area contributed by atoms with Crippen LogP contribution >= 0.6 is 0 Å². The van der Waals surface area contributed by atoms with Gasteiger partial charge in [-0.15, -0.1) is 0 Å². The quantitative estimate of drug-likeness (QED) is 0.674. The summed E-state index contributed by atoms with van der Waals surface area (Å²) in [4.78, 5) is 22.3. The summed E-state index contributed by atoms with van der Waals surface area (Å²) in [5, 5.41) is 17.5. The van der Waals surface area contributed by atoms with Gasteiger partial charge >= 0.3 is 5.69 Å². The van der Waals surface area contributed by atoms with Crippen molar-refractivity contribution in [2.45, 2.75) is 26.9 Å². The number of hydrogen-bond acceptors (Lipinski definition) is 4. The molecule has 0 saturated carbocycles. The molecule has 22 heavy (non-hydrogen) atoms. The third-order valence-electron chi connectivity index (χ3n) is 3.20. The van der Waals surface area contributed by atoms with E-state index in [9.17, 15) is 19.3 Å². The van der Waals surface area contributed by atoms with Crippen LogP contribution in [-0.2, 0) is 17.9 Å². The molecule has 0 saturated heterocycles. The number of carbonyl (C=O) groups excluding carboxylic acids is 1. The molecule has 0 aliphatic carbocycles. The summed E-state index contributed by atoms with van der Waals surface area (Å²) < 4.78 is 14.3. The molecule has 1 aromatic carbocycles. The molecule has 1 heterocycles. The second-order valence-corrected chi connectivity index (χ2v) is 4.84. The topological polar surface area (TPSA) is 90.1 Å². The maximum absolute atomic E-state index is 13.0. The Labute approximate surface area is 125 Å². The molecule has 1 aromatic heterocycles. The largest absolute Gasteiger partial charge is 0.350 e. The van der Waals surface area contributed by atoms with Crippen LogP contribution in [0.15, 0.2) is 24.3 Å². The Morgan fingerprint density at radius 3 is 2.77 bits per heavy atom. The maximum Gasteiger partial charge on any atom is 0.312 e. The molecule has 0 bridgehead atoms. The SMILES string of the molecule is Cc1nn(CC(=O)NCc2cccc(F)c2)c(C)c1[N+](=O)[O-]. The van der Waals surface area contributed by atoms with Gasteiger partial charge in [-0.25, -0.2) is 4.39 Å². The first-order chi connectivity index (χ1) is 10.4. The van der Waals surface area contributed by atoms with Crippen molar-refractivity contribution in [3.05, 3.63) is 57.1 Å². The first kappa shape index (κ1) is 15.6. The number of nitro groups is 1. The van der Waals surface area contributed by atoms with Crippen LogP contribution in [0.3, 0.4) is 0 Å². The number of nitrogens with zero attached hydrogens (tertiary/aromatic N) is 3. The molecule has 0 atom stereocenters. The number of halogens is 1. The fraction of sp³-hybridized carbons (Fsp3) is 0.286. The molecular weight excluding hydrogens is 291 g/mol. The molecule has 0 aliphatic heterocycles. The molecule has 2 aromatic rings. The molecule has 1 amide bonds. The third-order valence-corrected chi connectivity index (χ3v) is 3.20. The summed E-state index contributed by atoms with van der Waals surface area (Å²) in [7, 11) is 0. The van der Waals surface area contributed by atoms with E-state index in [2.05, 4.69) is 10.4 Å². The Morgan fingerprint density at radius 2 is 2.18 bits per heavy atom. The Bertz CT molecular complexity index is 727. The highest BCUT2D eigenvalue weighted by Crippen LogP contribution is 2.21. The van der Waals surface area contributed by atoms with Crippen molar-refractivity contribution >= 4 is 11.6 Å². The summed E-state index contributed by atoms with van der Waals surface area (Å²) in [5.74, 6) is -0.731. The zero-order valence-corrected chi connectivity index (χ0v) is 12.2. The fourth-order valence-electron chi connectivity index (χ4n) is 2.15. The van der Waals surface area contributed by atoms with Crippen LogP contribution in [-0.4, -0.2) is 20.6 Å². The van der Waals surface area contributed by atoms with Crippen LogP contribution in [0.4, 0.5) is 10.1 Å². The standard InChI is InChI=1S/C14H15FN4O3/c1-9-14(19(21)22)10(2)18(17-9)8-13(20)16-7-11-4-3-5-12(15)6-11/h3-6H,7-8H2,1-2H3,(H,16,20). The highest BCUT2D eigenvalue weighted by molar-refractivity contribution is 5.75. The van der Waals surface area contributed by atoms with Crippen LogP contribution in [0.2, 0.25) is 0 Å². The van der Waals surface area contributed by atoms with Gasteiger partial charge in [0.1, 0.15) is 23.7 Å². The Balaban J connectivity index is 2.01. The van der Waals surface area contributed by atoms with Gasteiger partial charge in [0.2, 0.25) is 5.91 Å². The van der Waals surface area contributed by atoms with E-state index in [0.717, 1.165) is 0 Å². The summed E-state index contributed by atoms with van der Waals surface area (Å²) >= 11 is 0. The van der Waals surface area contributed by atoms with Gasteiger partial charge in [0.25, 0.3) is 0 Å². The van der Waals surface area contributed by atoms with Crippen LogP contribution in [0.1, 0.15) is 17.0 Å². The molecular formula is C14H15FN4O3. The van der Waals surface area contributed by atoms with Crippen molar-refractivity contribution in [1.82, 2.24) is 15.1 Å². The van der Waals surface area contributed by atoms with Crippen molar-refractivity contribution in [3.63, 3.8) is 0 Å². The summed E-state index contributed by atoms with van der Waals surface area (Å²) in [5.41, 5.74) is 1.13. The van der Waals surface area contributed by atoms with E-state index in [1.807, 2.05) is 0 Å². The Hall–Kier alpha value is -2.77. The second kappa shape index (κ2) is 6.33. The van der Waals surface area contributed by atoms with Crippen molar-refractivity contribution in [2.75, 3.05) is 0 Å². The molecule has 1 N–H and O–H groups in total. The van der Waals surface area contributed by atoms with Gasteiger partial charge in [-0.1, -0.05) is 12.1 Å². The lowest BCUT2D eigenvalue weighted by atomic mass is 10.2. The van der Waals surface area contributed by atoms with Crippen molar-refractivity contribution in [3.8, 4) is 0 Å². The van der Waals surface area contributed by atoms with Gasteiger partial charge in [0, 0.05) is 6.54 Å². The average molecular weight is 306 g/mol. The fourth-order valence-corrected chi connectivity index (χ4v) is 2.15. The molecule has 2 rings (SSSR count). The summed E-state index contributed by atoms with van der Waals surface area (Å²) in [6.45, 7) is 3.11. The molecule has 0 unspecified atom stereocenters. The lowest BCUT2D eigenvalue weighted by Crippen LogP contribution is -2.28. The highest BCUT2D eigenvalue weighted by atomic mass is 19.1. The molecule has 0 radical (unpaired) electrons. The van der Waals surface area contributed by atoms with Gasteiger partial charge in [-0.05, 0) is 31.5 Å². The van der Waals surface area contributed by atoms with Gasteiger partial charge in [-0.3, -0.25) is 19.6 Å². The Kier molecular flexibility index (Phi) is 4.50. The molecule has 7 nitrogen and oxygen atoms in total. The minimum Gasteiger partial charge on any atom is -0.350 e. The summed E-state index contributed by atoms with van der Waals surface area (Å²) in [6.07, 6.45) is 0. The number of benzene rings is 1. The Morgan fingerprint density at radius 1 is 1.45 bits per heavy atom. The van der Waals surface area contributed by atoms with Crippen LogP contribution in [0.5, 0.6) is 0 Å². The first-order valence-corrected chi connectivity index (χ1v) is 6.58. The minimum atomic E-state index is -0.515. The molecule has 0 aliphatic rings. The van der Waals surface area contributed by atoms with Gasteiger partial charge in [0.15, 0.2) is 0 Å². The van der Waals surface area contributed by atoms with E-state index in [4.69, 9.17) is 0 Å². The van der Waals surface area contributed by atoms with E-state index in [1.165, 1.54) is 30.7 Å². The van der Waals surface area contributed by atoms with Crippen molar-refractivity contribution in [2.24, 2.45) is 0 Å². The van der Waals surface area contributed by atoms with E-state index in [-0.39, 0.29) is 36.2 Å². The van der Waals surface area contributed by atoms with E-state index in [1.54, 1.807) is 12.1 Å². The van der Waals surface area contributed by atoms with Crippen LogP contribution in [0.25, 0.3) is 0 Å². The number of aryl methyl sites for hydroxylation is 1. The van der Waals surface area contributed by atoms with Gasteiger partial charge in [-0.2, -0.15) is 5.10 Å². The number of nitrogens with one attached hydrogen (secondary N) is 1. The smallest absolute Gasteiger partial charge is 0.312 e. The monoisotopic (exact) mass is 306 g/mol. The zero-order valence-electron chi connectivity index (χ0n) is 12.2. The lowest BCUT2D eigenvalue weighted by Gasteiger charge is -2.06. The number of hydrogen-bond donors (Lipinski definition) is 1. The van der Waals surface area contributed by atoms with Crippen LogP contribution < -0.4 is 5.32 Å². The molecule has 116 valence electrons. The van der Waals surface area contributed by atoms with E-state index in [0.29, 0.717) is 11.3 Å². The number of aromatic nitrogens is 2. The van der Waals surface area contributed by atoms with Gasteiger partial charge in [0.05, 0.1) is 4.92 Å². The van der Waals surface area contributed by atoms with Crippen molar-refractivity contribution < 1.29 is 14.1 Å². The maximum atomic E-state index is 13.0. The molecule has 8 heteroatoms. The van der Waals surface area contributed by atoms with Crippen LogP contribution in [0, 0.1) is 29.8 Å². The number of rotatable bonds is 5. The predicted octanol–water partition coefficient (Wildman–Crippen LogP) is 1.86. The molecule has 0 spiro atoms. The normalized spacial score (nSPS) is 10.5. The predicted molar refractivity (Wildman–Crippen MR) is 76.6 cm³/mol. The number of carbonyl (C=O) groups is 1. The molecule has 0 fully saturated rings. The minimum absolute atomic E-state index is 0.0852.